The quantitative estimate of drug-likeness (QED) is 0.746. The minimum atomic E-state index is 0.494. The average Bonchev–Trinajstić information content (AvgIpc) is 2.85. The molecule has 0 amide bonds. The summed E-state index contributed by atoms with van der Waals surface area (Å²) in [6, 6.07) is 0.843. The fourth-order valence-corrected chi connectivity index (χ4v) is 4.28. The molecule has 2 heterocycles. The molecule has 0 aromatic heterocycles. The Morgan fingerprint density at radius 1 is 0.864 bits per heavy atom. The molecule has 1 atom stereocenters. The summed E-state index contributed by atoms with van der Waals surface area (Å²) in [5, 5.41) is 0. The Labute approximate surface area is 139 Å². The predicted molar refractivity (Wildman–Crippen MR) is 97.3 cm³/mol. The third-order valence-electron chi connectivity index (χ3n) is 5.92. The van der Waals surface area contributed by atoms with E-state index in [4.69, 9.17) is 0 Å². The van der Waals surface area contributed by atoms with Gasteiger partial charge in [-0.2, -0.15) is 0 Å². The van der Waals surface area contributed by atoms with Crippen LogP contribution in [0.25, 0.3) is 0 Å². The Kier molecular flexibility index (Phi) is 5.99. The Morgan fingerprint density at radius 2 is 1.50 bits per heavy atom. The molecule has 2 heteroatoms. The molecule has 0 aliphatic carbocycles. The van der Waals surface area contributed by atoms with Gasteiger partial charge in [-0.3, -0.25) is 4.90 Å². The smallest absolute Gasteiger partial charge is 0.0235 e. The first-order valence-corrected chi connectivity index (χ1v) is 9.61. The van der Waals surface area contributed by atoms with E-state index in [9.17, 15) is 0 Å². The van der Waals surface area contributed by atoms with Crippen LogP contribution in [0, 0.1) is 16.7 Å². The highest BCUT2D eigenvalue weighted by atomic mass is 15.3. The van der Waals surface area contributed by atoms with Crippen molar-refractivity contribution in [1.82, 2.24) is 9.80 Å². The number of likely N-dealkylation sites (tertiary alicyclic amines) is 2. The molecule has 2 rings (SSSR count). The molecule has 0 radical (unpaired) electrons. The number of piperidine rings is 1. The van der Waals surface area contributed by atoms with Gasteiger partial charge in [-0.25, -0.2) is 0 Å². The second-order valence-electron chi connectivity index (χ2n) is 10.1. The highest BCUT2D eigenvalue weighted by molar-refractivity contribution is 4.88. The predicted octanol–water partition coefficient (Wildman–Crippen LogP) is 4.65. The van der Waals surface area contributed by atoms with E-state index >= 15 is 0 Å². The van der Waals surface area contributed by atoms with E-state index < -0.39 is 0 Å². The van der Waals surface area contributed by atoms with Crippen LogP contribution in [-0.4, -0.2) is 48.6 Å². The van der Waals surface area contributed by atoms with Crippen LogP contribution >= 0.6 is 0 Å². The second-order valence-corrected chi connectivity index (χ2v) is 10.1. The molecule has 2 aliphatic heterocycles. The fraction of sp³-hybridized carbons (Fsp3) is 1.00. The maximum atomic E-state index is 2.80. The molecule has 22 heavy (non-hydrogen) atoms. The van der Waals surface area contributed by atoms with E-state index in [0.717, 1.165) is 12.0 Å². The van der Waals surface area contributed by atoms with Gasteiger partial charge in [0.1, 0.15) is 0 Å². The van der Waals surface area contributed by atoms with Crippen molar-refractivity contribution < 1.29 is 0 Å². The number of hydrogen-bond donors (Lipinski definition) is 0. The minimum Gasteiger partial charge on any atom is -0.302 e. The van der Waals surface area contributed by atoms with Crippen LogP contribution in [-0.2, 0) is 0 Å². The highest BCUT2D eigenvalue weighted by Crippen LogP contribution is 2.35. The zero-order chi connectivity index (χ0) is 16.4. The Morgan fingerprint density at radius 3 is 2.05 bits per heavy atom. The minimum absolute atomic E-state index is 0.494. The van der Waals surface area contributed by atoms with Crippen molar-refractivity contribution in [3.05, 3.63) is 0 Å². The van der Waals surface area contributed by atoms with E-state index in [-0.39, 0.29) is 0 Å². The molecule has 0 aromatic rings. The van der Waals surface area contributed by atoms with E-state index in [1.165, 1.54) is 64.8 Å². The molecular weight excluding hydrogens is 268 g/mol. The fourth-order valence-electron chi connectivity index (χ4n) is 4.28. The lowest BCUT2D eigenvalue weighted by Crippen LogP contribution is -2.44. The van der Waals surface area contributed by atoms with E-state index in [2.05, 4.69) is 51.3 Å². The summed E-state index contributed by atoms with van der Waals surface area (Å²) in [7, 11) is 0. The van der Waals surface area contributed by atoms with E-state index in [0.29, 0.717) is 10.8 Å². The number of rotatable bonds is 4. The van der Waals surface area contributed by atoms with Gasteiger partial charge >= 0.3 is 0 Å². The van der Waals surface area contributed by atoms with Gasteiger partial charge in [0.2, 0.25) is 0 Å². The summed E-state index contributed by atoms with van der Waals surface area (Å²) >= 11 is 0. The van der Waals surface area contributed by atoms with Gasteiger partial charge in [-0.1, -0.05) is 41.5 Å². The van der Waals surface area contributed by atoms with Gasteiger partial charge in [0, 0.05) is 12.6 Å². The van der Waals surface area contributed by atoms with E-state index in [1.54, 1.807) is 0 Å². The van der Waals surface area contributed by atoms with Crippen molar-refractivity contribution in [2.24, 2.45) is 16.7 Å². The van der Waals surface area contributed by atoms with Crippen LogP contribution in [0.5, 0.6) is 0 Å². The lowest BCUT2D eigenvalue weighted by Gasteiger charge is -2.41. The molecule has 0 aromatic carbocycles. The maximum absolute atomic E-state index is 2.80. The van der Waals surface area contributed by atoms with Gasteiger partial charge in [-0.15, -0.1) is 0 Å². The monoisotopic (exact) mass is 308 g/mol. The third-order valence-corrected chi connectivity index (χ3v) is 5.92. The van der Waals surface area contributed by atoms with Crippen LogP contribution in [0.2, 0.25) is 0 Å². The Bertz CT molecular complexity index is 329. The van der Waals surface area contributed by atoms with Crippen molar-refractivity contribution in [2.75, 3.05) is 32.7 Å². The topological polar surface area (TPSA) is 6.48 Å². The van der Waals surface area contributed by atoms with E-state index in [1.807, 2.05) is 0 Å². The first-order chi connectivity index (χ1) is 10.1. The first-order valence-electron chi connectivity index (χ1n) is 9.61. The third kappa shape index (κ3) is 5.53. The molecule has 0 N–H and O–H groups in total. The molecule has 0 bridgehead atoms. The van der Waals surface area contributed by atoms with Gasteiger partial charge in [0.15, 0.2) is 0 Å². The number of hydrogen-bond acceptors (Lipinski definition) is 2. The zero-order valence-corrected chi connectivity index (χ0v) is 16.1. The van der Waals surface area contributed by atoms with Gasteiger partial charge in [0.05, 0.1) is 0 Å². The van der Waals surface area contributed by atoms with Crippen molar-refractivity contribution in [3.63, 3.8) is 0 Å². The van der Waals surface area contributed by atoms with Crippen LogP contribution < -0.4 is 0 Å². The molecule has 2 nitrogen and oxygen atoms in total. The van der Waals surface area contributed by atoms with Crippen molar-refractivity contribution in [2.45, 2.75) is 79.7 Å². The normalized spacial score (nSPS) is 26.7. The Hall–Kier alpha value is -0.0800. The van der Waals surface area contributed by atoms with Crippen LogP contribution in [0.15, 0.2) is 0 Å². The van der Waals surface area contributed by atoms with Gasteiger partial charge in [-0.05, 0) is 75.0 Å². The summed E-state index contributed by atoms with van der Waals surface area (Å²) in [6.07, 6.45) is 6.93. The largest absolute Gasteiger partial charge is 0.302 e. The second kappa shape index (κ2) is 7.21. The number of nitrogens with zero attached hydrogens (tertiary/aromatic N) is 2. The summed E-state index contributed by atoms with van der Waals surface area (Å²) in [4.78, 5) is 5.51. The summed E-state index contributed by atoms with van der Waals surface area (Å²) in [5.41, 5.74) is 0.995. The lowest BCUT2D eigenvalue weighted by atomic mass is 9.75. The van der Waals surface area contributed by atoms with Gasteiger partial charge < -0.3 is 4.90 Å². The standard InChI is InChI=1S/C20H40N2/c1-19(2,3)11-7-12-21-13-10-18(16-21)22-14-8-17(9-15-22)20(4,5)6/h17-18H,7-16H2,1-6H3. The summed E-state index contributed by atoms with van der Waals surface area (Å²) in [6.45, 7) is 21.0. The van der Waals surface area contributed by atoms with Crippen LogP contribution in [0.1, 0.15) is 73.6 Å². The SMILES string of the molecule is CC(C)(C)CCCN1CCC(N2CCC(C(C)(C)C)CC2)C1. The van der Waals surface area contributed by atoms with Crippen LogP contribution in [0.3, 0.4) is 0 Å². The molecule has 0 saturated carbocycles. The molecule has 0 spiro atoms. The summed E-state index contributed by atoms with van der Waals surface area (Å²) < 4.78 is 0. The maximum Gasteiger partial charge on any atom is 0.0235 e. The lowest BCUT2D eigenvalue weighted by molar-refractivity contribution is 0.0841. The van der Waals surface area contributed by atoms with Crippen molar-refractivity contribution in [3.8, 4) is 0 Å². The molecule has 2 saturated heterocycles. The van der Waals surface area contributed by atoms with Crippen molar-refractivity contribution >= 4 is 0 Å². The average molecular weight is 309 g/mol. The zero-order valence-electron chi connectivity index (χ0n) is 16.1. The molecule has 1 unspecified atom stereocenters. The molecule has 2 aliphatic rings. The van der Waals surface area contributed by atoms with Crippen LogP contribution in [0.4, 0.5) is 0 Å². The Balaban J connectivity index is 1.69. The molecular formula is C20H40N2. The summed E-state index contributed by atoms with van der Waals surface area (Å²) in [5.74, 6) is 0.924. The van der Waals surface area contributed by atoms with Gasteiger partial charge in [0.25, 0.3) is 0 Å². The highest BCUT2D eigenvalue weighted by Gasteiger charge is 2.33. The van der Waals surface area contributed by atoms with Crippen molar-refractivity contribution in [1.29, 1.82) is 0 Å². The first kappa shape index (κ1) is 18.3. The molecule has 2 fully saturated rings. The molecule has 130 valence electrons.